The van der Waals surface area contributed by atoms with Crippen LogP contribution in [0.1, 0.15) is 31.9 Å². The van der Waals surface area contributed by atoms with E-state index in [1.165, 1.54) is 4.31 Å². The van der Waals surface area contributed by atoms with Gasteiger partial charge in [-0.2, -0.15) is 4.99 Å². The maximum absolute atomic E-state index is 13.0. The highest BCUT2D eigenvalue weighted by Crippen LogP contribution is 2.29. The Morgan fingerprint density at radius 2 is 1.57 bits per heavy atom. The molecular formula is C18H18N2O2S. The van der Waals surface area contributed by atoms with Crippen LogP contribution >= 0.6 is 0 Å². The second kappa shape index (κ2) is 5.74. The number of amides is 2. The minimum absolute atomic E-state index is 0.481. The lowest BCUT2D eigenvalue weighted by atomic mass is 10.0. The van der Waals surface area contributed by atoms with Crippen molar-refractivity contribution in [3.63, 3.8) is 0 Å². The summed E-state index contributed by atoms with van der Waals surface area (Å²) in [6.07, 6.45) is 0. The van der Waals surface area contributed by atoms with Crippen molar-refractivity contribution in [3.05, 3.63) is 65.7 Å². The highest BCUT2D eigenvalue weighted by atomic mass is 32.2. The summed E-state index contributed by atoms with van der Waals surface area (Å²) in [5.41, 5.74) is 1.54. The Morgan fingerprint density at radius 3 is 2.22 bits per heavy atom. The molecule has 23 heavy (non-hydrogen) atoms. The van der Waals surface area contributed by atoms with Crippen LogP contribution in [-0.2, 0) is 11.0 Å². The predicted molar refractivity (Wildman–Crippen MR) is 91.9 cm³/mol. The summed E-state index contributed by atoms with van der Waals surface area (Å²) >= 11 is 0. The van der Waals surface area contributed by atoms with Crippen LogP contribution in [0.15, 0.2) is 64.5 Å². The molecule has 2 aromatic carbocycles. The summed E-state index contributed by atoms with van der Waals surface area (Å²) in [4.78, 5) is 17.6. The molecule has 0 saturated carbocycles. The molecule has 0 saturated heterocycles. The molecule has 1 aliphatic heterocycles. The Hall–Kier alpha value is -2.27. The van der Waals surface area contributed by atoms with Gasteiger partial charge in [0, 0.05) is 11.1 Å². The third-order valence-corrected chi connectivity index (χ3v) is 5.30. The Morgan fingerprint density at radius 1 is 0.957 bits per heavy atom. The highest BCUT2D eigenvalue weighted by Gasteiger charge is 2.36. The van der Waals surface area contributed by atoms with E-state index in [1.807, 2.05) is 69.3 Å². The molecule has 0 spiro atoms. The van der Waals surface area contributed by atoms with Crippen molar-refractivity contribution in [2.75, 3.05) is 0 Å². The average molecular weight is 326 g/mol. The van der Waals surface area contributed by atoms with Gasteiger partial charge < -0.3 is 0 Å². The number of carbonyl (C=O) groups excluding carboxylic acids is 1. The number of hydrogen-bond acceptors (Lipinski definition) is 2. The topological polar surface area (TPSA) is 49.7 Å². The number of benzene rings is 2. The summed E-state index contributed by atoms with van der Waals surface area (Å²) in [6, 6.07) is 16.4. The molecule has 118 valence electrons. The third-order valence-electron chi connectivity index (χ3n) is 3.53. The predicted octanol–water partition coefficient (Wildman–Crippen LogP) is 3.78. The van der Waals surface area contributed by atoms with Crippen LogP contribution in [0.4, 0.5) is 4.79 Å². The van der Waals surface area contributed by atoms with Crippen molar-refractivity contribution in [1.82, 2.24) is 4.31 Å². The van der Waals surface area contributed by atoms with Gasteiger partial charge in [-0.3, -0.25) is 0 Å². The van der Waals surface area contributed by atoms with Gasteiger partial charge >= 0.3 is 6.03 Å². The first-order valence-corrected chi connectivity index (χ1v) is 8.50. The Bertz CT molecular complexity index is 807. The van der Waals surface area contributed by atoms with Gasteiger partial charge in [0.2, 0.25) is 0 Å². The average Bonchev–Trinajstić information content (AvgIpc) is 2.63. The van der Waals surface area contributed by atoms with E-state index in [9.17, 15) is 9.00 Å². The molecule has 1 heterocycles. The van der Waals surface area contributed by atoms with Crippen LogP contribution < -0.4 is 0 Å². The van der Waals surface area contributed by atoms with Gasteiger partial charge in [0.1, 0.15) is 0 Å². The molecule has 3 rings (SSSR count). The van der Waals surface area contributed by atoms with E-state index in [1.54, 1.807) is 6.07 Å². The maximum atomic E-state index is 13.0. The van der Waals surface area contributed by atoms with Crippen molar-refractivity contribution < 1.29 is 9.00 Å². The fourth-order valence-corrected chi connectivity index (χ4v) is 3.96. The number of nitrogens with zero attached hydrogens (tertiary/aromatic N) is 2. The quantitative estimate of drug-likeness (QED) is 0.801. The number of carbonyl (C=O) groups is 1. The zero-order valence-electron chi connectivity index (χ0n) is 13.3. The molecule has 1 unspecified atom stereocenters. The SMILES string of the molecule is CC(C)(C)N1C(=O)N=C(c2ccccc2)c2ccccc2S1=O. The summed E-state index contributed by atoms with van der Waals surface area (Å²) in [5.74, 6) is 0. The van der Waals surface area contributed by atoms with Crippen molar-refractivity contribution in [3.8, 4) is 0 Å². The normalized spacial score (nSPS) is 18.2. The Kier molecular flexibility index (Phi) is 3.90. The number of urea groups is 1. The minimum atomic E-state index is -1.60. The molecule has 4 nitrogen and oxygen atoms in total. The number of fused-ring (bicyclic) bond motifs is 1. The first-order valence-electron chi connectivity index (χ1n) is 7.39. The lowest BCUT2D eigenvalue weighted by molar-refractivity contribution is 0.209. The van der Waals surface area contributed by atoms with E-state index in [0.29, 0.717) is 10.6 Å². The first-order chi connectivity index (χ1) is 10.9. The van der Waals surface area contributed by atoms with Crippen LogP contribution in [0.3, 0.4) is 0 Å². The van der Waals surface area contributed by atoms with Crippen LogP contribution in [0.25, 0.3) is 0 Å². The summed E-state index contributed by atoms with van der Waals surface area (Å²) < 4.78 is 14.3. The van der Waals surface area contributed by atoms with Crippen molar-refractivity contribution in [2.45, 2.75) is 31.2 Å². The third kappa shape index (κ3) is 2.84. The zero-order chi connectivity index (χ0) is 16.6. The molecule has 1 aliphatic rings. The van der Waals surface area contributed by atoms with Gasteiger partial charge in [0.25, 0.3) is 0 Å². The molecule has 0 radical (unpaired) electrons. The second-order valence-corrected chi connectivity index (χ2v) is 7.62. The van der Waals surface area contributed by atoms with Crippen LogP contribution in [0.2, 0.25) is 0 Å². The van der Waals surface area contributed by atoms with E-state index in [2.05, 4.69) is 4.99 Å². The Labute approximate surface area is 138 Å². The minimum Gasteiger partial charge on any atom is -0.245 e. The van der Waals surface area contributed by atoms with Crippen molar-refractivity contribution in [2.24, 2.45) is 4.99 Å². The number of hydrogen-bond donors (Lipinski definition) is 0. The largest absolute Gasteiger partial charge is 0.356 e. The standard InChI is InChI=1S/C18H18N2O2S/c1-18(2,3)20-17(21)19-16(13-9-5-4-6-10-13)14-11-7-8-12-15(14)23(20)22/h4-12H,1-3H3. The Balaban J connectivity index is 2.27. The van der Waals surface area contributed by atoms with Crippen LogP contribution in [-0.4, -0.2) is 25.8 Å². The fourth-order valence-electron chi connectivity index (χ4n) is 2.54. The van der Waals surface area contributed by atoms with Gasteiger partial charge in [-0.05, 0) is 26.8 Å². The van der Waals surface area contributed by atoms with Gasteiger partial charge in [-0.1, -0.05) is 48.5 Å². The lowest BCUT2D eigenvalue weighted by Crippen LogP contribution is -2.44. The fraction of sp³-hybridized carbons (Fsp3) is 0.222. The molecule has 0 N–H and O–H groups in total. The van der Waals surface area contributed by atoms with Gasteiger partial charge in [-0.25, -0.2) is 13.3 Å². The van der Waals surface area contributed by atoms with Crippen LogP contribution in [0.5, 0.6) is 0 Å². The summed E-state index contributed by atoms with van der Waals surface area (Å²) in [7, 11) is -1.60. The molecule has 1 atom stereocenters. The second-order valence-electron chi connectivity index (χ2n) is 6.32. The van der Waals surface area contributed by atoms with Gasteiger partial charge in [0.05, 0.1) is 16.1 Å². The van der Waals surface area contributed by atoms with Gasteiger partial charge in [-0.15, -0.1) is 0 Å². The van der Waals surface area contributed by atoms with E-state index in [0.717, 1.165) is 11.1 Å². The smallest absolute Gasteiger partial charge is 0.245 e. The number of rotatable bonds is 1. The maximum Gasteiger partial charge on any atom is 0.356 e. The first kappa shape index (κ1) is 15.6. The lowest BCUT2D eigenvalue weighted by Gasteiger charge is -2.31. The van der Waals surface area contributed by atoms with E-state index in [-0.39, 0.29) is 0 Å². The molecule has 2 aromatic rings. The van der Waals surface area contributed by atoms with Crippen molar-refractivity contribution in [1.29, 1.82) is 0 Å². The molecule has 0 fully saturated rings. The molecular weight excluding hydrogens is 308 g/mol. The van der Waals surface area contributed by atoms with E-state index >= 15 is 0 Å². The monoisotopic (exact) mass is 326 g/mol. The molecule has 0 aliphatic carbocycles. The molecule has 0 bridgehead atoms. The van der Waals surface area contributed by atoms with E-state index in [4.69, 9.17) is 0 Å². The molecule has 2 amide bonds. The summed E-state index contributed by atoms with van der Waals surface area (Å²) in [5, 5.41) is 0. The molecule has 0 aromatic heterocycles. The number of aliphatic imine (C=N–C) groups is 1. The highest BCUT2D eigenvalue weighted by molar-refractivity contribution is 7.83. The molecule has 5 heteroatoms. The van der Waals surface area contributed by atoms with Crippen LogP contribution in [0, 0.1) is 0 Å². The van der Waals surface area contributed by atoms with Gasteiger partial charge in [0.15, 0.2) is 11.0 Å². The van der Waals surface area contributed by atoms with Crippen molar-refractivity contribution >= 4 is 22.7 Å². The van der Waals surface area contributed by atoms with E-state index < -0.39 is 22.6 Å². The zero-order valence-corrected chi connectivity index (χ0v) is 14.1. The summed E-state index contributed by atoms with van der Waals surface area (Å²) in [6.45, 7) is 5.57.